The summed E-state index contributed by atoms with van der Waals surface area (Å²) in [5, 5.41) is 43.3. The molecule has 3 fully saturated rings. The highest BCUT2D eigenvalue weighted by atomic mass is 32.1. The lowest BCUT2D eigenvalue weighted by molar-refractivity contribution is 0.0258. The summed E-state index contributed by atoms with van der Waals surface area (Å²) in [6.07, 6.45) is 35.9. The van der Waals surface area contributed by atoms with Crippen molar-refractivity contribution in [2.75, 3.05) is 35.8 Å². The predicted octanol–water partition coefficient (Wildman–Crippen LogP) is 12.4. The van der Waals surface area contributed by atoms with Gasteiger partial charge in [0, 0.05) is 127 Å². The Hall–Kier alpha value is -10.2. The maximum absolute atomic E-state index is 15.0. The van der Waals surface area contributed by atoms with Crippen molar-refractivity contribution in [1.82, 2.24) is 104 Å². The van der Waals surface area contributed by atoms with Crippen LogP contribution in [0.1, 0.15) is 147 Å². The van der Waals surface area contributed by atoms with Crippen molar-refractivity contribution < 1.29 is 46.7 Å². The molecule has 12 aromatic rings. The van der Waals surface area contributed by atoms with Crippen LogP contribution in [0.2, 0.25) is 0 Å². The first-order valence-corrected chi connectivity index (χ1v) is 39.3. The lowest BCUT2D eigenvalue weighted by Crippen LogP contribution is -2.24. The van der Waals surface area contributed by atoms with Crippen molar-refractivity contribution in [3.05, 3.63) is 144 Å². The van der Waals surface area contributed by atoms with E-state index in [9.17, 15) is 18.9 Å². The van der Waals surface area contributed by atoms with Crippen molar-refractivity contribution in [3.8, 4) is 66.3 Å². The summed E-state index contributed by atoms with van der Waals surface area (Å²) in [5.41, 5.74) is 4.66. The van der Waals surface area contributed by atoms with Gasteiger partial charge in [-0.3, -0.25) is 42.0 Å². The van der Waals surface area contributed by atoms with Crippen LogP contribution in [0.5, 0.6) is 0 Å². The minimum atomic E-state index is -4.60. The molecular formula is C69H75N24O10PS3. The Balaban J connectivity index is 0.624. The summed E-state index contributed by atoms with van der Waals surface area (Å²) in [6, 6.07) is 5.45. The molecule has 15 rings (SSSR count). The third-order valence-electron chi connectivity index (χ3n) is 18.4. The number of amides is 3. The third-order valence-corrected chi connectivity index (χ3v) is 22.4. The van der Waals surface area contributed by atoms with E-state index in [1.54, 1.807) is 90.1 Å². The minimum absolute atomic E-state index is 0.102. The second kappa shape index (κ2) is 33.3. The van der Waals surface area contributed by atoms with E-state index in [2.05, 4.69) is 76.1 Å². The van der Waals surface area contributed by atoms with Crippen molar-refractivity contribution >= 4 is 76.6 Å². The minimum Gasteiger partial charge on any atom is -0.379 e. The average Bonchev–Trinajstić information content (AvgIpc) is 1.64. The first kappa shape index (κ1) is 72.4. The topological polar surface area (TPSA) is 383 Å². The Morgan fingerprint density at radius 1 is 0.421 bits per heavy atom. The van der Waals surface area contributed by atoms with Crippen molar-refractivity contribution in [3.63, 3.8) is 0 Å². The van der Waals surface area contributed by atoms with E-state index in [0.29, 0.717) is 103 Å². The maximum Gasteiger partial charge on any atom is 0.480 e. The van der Waals surface area contributed by atoms with Gasteiger partial charge in [0.1, 0.15) is 32.1 Å². The molecule has 3 N–H and O–H groups in total. The zero-order valence-electron chi connectivity index (χ0n) is 58.5. The number of rotatable bonds is 30. The molecule has 38 heteroatoms. The van der Waals surface area contributed by atoms with E-state index < -0.39 is 45.7 Å². The van der Waals surface area contributed by atoms with E-state index in [-0.39, 0.29) is 53.5 Å². The van der Waals surface area contributed by atoms with Gasteiger partial charge in [-0.2, -0.15) is 30.6 Å². The molecule has 0 atom stereocenters. The molecule has 0 saturated heterocycles. The summed E-state index contributed by atoms with van der Waals surface area (Å²) in [7, 11) is -4.60. The molecule has 12 aromatic heterocycles. The van der Waals surface area contributed by atoms with Gasteiger partial charge in [0.05, 0.1) is 72.1 Å². The molecule has 107 heavy (non-hydrogen) atoms. The standard InChI is InChI=1S/C69H75N24O10PS3/c1-4-98-49-16-10-46(11-17-49)91-34-52(58(85-91)61-70-22-7-23-71-61)79-64(94)55-37-105-67(82-55)43-28-76-88(31-43)40-101-104(97,102-41-89-32-44(29-77-89)68-83-56(38-106-68)65(95)80-53-35-92(47-12-18-50(19-13-47)99-5-2)86-59(53)62-72-24-8-25-73-62)103-42-90-33-45(30-78-90)69-84-57(39-107-69)66(96)81-54-36-93(48-14-20-51(21-15-48)100-6-3)87-60(54)63-74-26-9-27-75-63/h7-9,22-39,46-51H,4-6,10-21,40-42H2,1-3H3,(H,79,94)(H,80,95)(H,81,96). The monoisotopic (exact) mass is 1530 g/mol. The van der Waals surface area contributed by atoms with Gasteiger partial charge in [0.25, 0.3) is 17.7 Å². The number of carbonyl (C=O) groups is 3. The van der Waals surface area contributed by atoms with Crippen LogP contribution in [-0.2, 0) is 52.5 Å². The molecule has 34 nitrogen and oxygen atoms in total. The van der Waals surface area contributed by atoms with Crippen molar-refractivity contribution in [1.29, 1.82) is 0 Å². The number of nitrogens with zero attached hydrogens (tertiary/aromatic N) is 21. The first-order chi connectivity index (χ1) is 52.4. The van der Waals surface area contributed by atoms with Crippen LogP contribution >= 0.6 is 41.8 Å². The molecule has 554 valence electrons. The summed E-state index contributed by atoms with van der Waals surface area (Å²) in [4.78, 5) is 82.6. The van der Waals surface area contributed by atoms with Crippen LogP contribution in [0.4, 0.5) is 17.1 Å². The molecule has 0 spiro atoms. The second-order valence-corrected chi connectivity index (χ2v) is 29.7. The van der Waals surface area contributed by atoms with Crippen LogP contribution < -0.4 is 16.0 Å². The SMILES string of the molecule is CCOC1CCC(n2cc(NC(=O)c3csc(-c4cnn(COP(=O)(OCn5cc(-c6nc(C(=O)Nc7cn(C8CCC(OCC)CC8)nc7-c7ncccn7)cs6)cn5)OCn5cc(-c6nc(C(=O)Nc7cn(C8CCC(OCC)CC8)nc7-c7ncccn7)cs6)cn5)c4)n3)c(-c3ncccn3)n2)CC1. The third kappa shape index (κ3) is 17.3. The highest BCUT2D eigenvalue weighted by molar-refractivity contribution is 7.48. The summed E-state index contributed by atoms with van der Waals surface area (Å²) in [5.74, 6) is -0.311. The number of nitrogens with one attached hydrogen (secondary N) is 3. The maximum atomic E-state index is 15.0. The molecule has 12 heterocycles. The Labute approximate surface area is 624 Å². The molecule has 3 amide bonds. The summed E-state index contributed by atoms with van der Waals surface area (Å²) >= 11 is 3.68. The molecule has 0 aromatic carbocycles. The number of carbonyl (C=O) groups excluding carboxylic acids is 3. The Morgan fingerprint density at radius 3 is 0.972 bits per heavy atom. The van der Waals surface area contributed by atoms with Crippen LogP contribution in [-0.4, -0.2) is 159 Å². The van der Waals surface area contributed by atoms with Gasteiger partial charge in [-0.25, -0.2) is 63.5 Å². The van der Waals surface area contributed by atoms with Gasteiger partial charge in [0.15, 0.2) is 54.7 Å². The summed E-state index contributed by atoms with van der Waals surface area (Å²) in [6.45, 7) is 6.69. The Kier molecular flexibility index (Phi) is 22.5. The van der Waals surface area contributed by atoms with Crippen molar-refractivity contribution in [2.45, 2.75) is 154 Å². The number of hydrogen-bond donors (Lipinski definition) is 3. The highest BCUT2D eigenvalue weighted by Gasteiger charge is 2.33. The molecule has 3 aliphatic rings. The molecule has 0 radical (unpaired) electrons. The van der Waals surface area contributed by atoms with Gasteiger partial charge in [-0.1, -0.05) is 0 Å². The van der Waals surface area contributed by atoms with Crippen LogP contribution in [0.25, 0.3) is 66.3 Å². The zero-order chi connectivity index (χ0) is 73.2. The number of phosphoric acid groups is 1. The quantitative estimate of drug-likeness (QED) is 0.0352. The number of ether oxygens (including phenoxy) is 3. The fourth-order valence-corrected chi connectivity index (χ4v) is 16.5. The van der Waals surface area contributed by atoms with Gasteiger partial charge >= 0.3 is 7.82 Å². The van der Waals surface area contributed by atoms with Gasteiger partial charge in [-0.05, 0) is 116 Å². The van der Waals surface area contributed by atoms with Crippen LogP contribution in [0, 0.1) is 0 Å². The van der Waals surface area contributed by atoms with Crippen LogP contribution in [0.15, 0.2) is 127 Å². The van der Waals surface area contributed by atoms with E-state index in [0.717, 1.165) is 77.0 Å². The predicted molar refractivity (Wildman–Crippen MR) is 393 cm³/mol. The van der Waals surface area contributed by atoms with Gasteiger partial charge in [-0.15, -0.1) is 34.0 Å². The van der Waals surface area contributed by atoms with Gasteiger partial charge in [0.2, 0.25) is 0 Å². The van der Waals surface area contributed by atoms with E-state index >= 15 is 0 Å². The molecule has 3 aliphatic carbocycles. The lowest BCUT2D eigenvalue weighted by atomic mass is 9.93. The normalized spacial score (nSPS) is 18.8. The molecular weight excluding hydrogens is 1450 g/mol. The zero-order valence-corrected chi connectivity index (χ0v) is 61.8. The van der Waals surface area contributed by atoms with E-state index in [1.165, 1.54) is 66.6 Å². The Morgan fingerprint density at radius 2 is 0.701 bits per heavy atom. The first-order valence-electron chi connectivity index (χ1n) is 35.2. The number of anilines is 3. The summed E-state index contributed by atoms with van der Waals surface area (Å²) < 4.78 is 60.5. The second-order valence-electron chi connectivity index (χ2n) is 25.5. The number of thiazole rings is 3. The average molecular weight is 1530 g/mol. The number of phosphoric ester groups is 1. The van der Waals surface area contributed by atoms with E-state index in [1.807, 2.05) is 53.4 Å². The van der Waals surface area contributed by atoms with Gasteiger partial charge < -0.3 is 30.2 Å². The lowest BCUT2D eigenvalue weighted by Gasteiger charge is -2.28. The van der Waals surface area contributed by atoms with E-state index in [4.69, 9.17) is 43.1 Å². The number of hydrogen-bond acceptors (Lipinski definition) is 28. The van der Waals surface area contributed by atoms with Crippen molar-refractivity contribution in [2.24, 2.45) is 0 Å². The molecule has 0 aliphatic heterocycles. The largest absolute Gasteiger partial charge is 0.480 e. The number of aromatic nitrogens is 21. The smallest absolute Gasteiger partial charge is 0.379 e. The molecule has 3 saturated carbocycles. The molecule has 0 unspecified atom stereocenters. The highest BCUT2D eigenvalue weighted by Crippen LogP contribution is 2.51. The van der Waals surface area contributed by atoms with Crippen LogP contribution in [0.3, 0.4) is 0 Å². The molecule has 0 bridgehead atoms. The fraction of sp³-hybridized carbons (Fsp3) is 0.391. The fourth-order valence-electron chi connectivity index (χ4n) is 13.1. The Bertz CT molecular complexity index is 4540.